The van der Waals surface area contributed by atoms with E-state index in [1.165, 1.54) is 37.3 Å². The van der Waals surface area contributed by atoms with E-state index in [1.807, 2.05) is 0 Å². The third-order valence-electron chi connectivity index (χ3n) is 3.53. The molecule has 0 saturated carbocycles. The molecule has 3 nitrogen and oxygen atoms in total. The smallest absolute Gasteiger partial charge is 0.0624 e. The maximum Gasteiger partial charge on any atom is 0.0624 e. The molecule has 2 rings (SSSR count). The zero-order valence-electron chi connectivity index (χ0n) is 11.3. The average Bonchev–Trinajstić information content (AvgIpc) is 2.73. The monoisotopic (exact) mass is 293 g/mol. The number of aromatic nitrogens is 2. The van der Waals surface area contributed by atoms with E-state index in [-0.39, 0.29) is 24.8 Å². The number of hydrogen-bond acceptors (Lipinski definition) is 2. The second-order valence-electron chi connectivity index (χ2n) is 4.71. The molecule has 0 bridgehead atoms. The van der Waals surface area contributed by atoms with Crippen LogP contribution < -0.4 is 5.32 Å². The van der Waals surface area contributed by atoms with Gasteiger partial charge < -0.3 is 5.32 Å². The van der Waals surface area contributed by atoms with Gasteiger partial charge in [-0.05, 0) is 50.8 Å². The van der Waals surface area contributed by atoms with Crippen molar-refractivity contribution in [3.8, 4) is 0 Å². The zero-order valence-corrected chi connectivity index (χ0v) is 12.9. The number of aryl methyl sites for hydroxylation is 2. The summed E-state index contributed by atoms with van der Waals surface area (Å²) in [7, 11) is 0. The lowest BCUT2D eigenvalue weighted by molar-refractivity contribution is 0.317. The molecule has 2 heterocycles. The summed E-state index contributed by atoms with van der Waals surface area (Å²) in [5, 5.41) is 8.11. The molecule has 106 valence electrons. The van der Waals surface area contributed by atoms with E-state index in [2.05, 4.69) is 35.0 Å². The zero-order chi connectivity index (χ0) is 11.4. The molecule has 18 heavy (non-hydrogen) atoms. The Balaban J connectivity index is 0.00000144. The molecule has 1 fully saturated rings. The number of halogens is 2. The minimum atomic E-state index is 0. The predicted molar refractivity (Wildman–Crippen MR) is 81.1 cm³/mol. The summed E-state index contributed by atoms with van der Waals surface area (Å²) < 4.78 is 2.24. The van der Waals surface area contributed by atoms with Crippen LogP contribution in [0.5, 0.6) is 0 Å². The fraction of sp³-hybridized carbons (Fsp3) is 0.769. The third kappa shape index (κ3) is 4.45. The van der Waals surface area contributed by atoms with E-state index in [9.17, 15) is 0 Å². The van der Waals surface area contributed by atoms with E-state index < -0.39 is 0 Å². The largest absolute Gasteiger partial charge is 0.317 e. The van der Waals surface area contributed by atoms with Crippen LogP contribution in [-0.2, 0) is 19.4 Å². The summed E-state index contributed by atoms with van der Waals surface area (Å²) in [5.41, 5.74) is 2.64. The summed E-state index contributed by atoms with van der Waals surface area (Å²) in [6, 6.07) is 2.26. The highest BCUT2D eigenvalue weighted by Gasteiger charge is 2.15. The van der Waals surface area contributed by atoms with Crippen molar-refractivity contribution in [2.75, 3.05) is 13.1 Å². The molecular formula is C13H25Cl2N3. The Bertz CT molecular complexity index is 333. The lowest BCUT2D eigenvalue weighted by Gasteiger charge is -2.23. The molecule has 0 unspecified atom stereocenters. The summed E-state index contributed by atoms with van der Waals surface area (Å²) in [6.07, 6.45) is 4.74. The Kier molecular flexibility index (Phi) is 8.66. The first-order chi connectivity index (χ1) is 7.83. The van der Waals surface area contributed by atoms with Crippen LogP contribution >= 0.6 is 24.8 Å². The van der Waals surface area contributed by atoms with Crippen molar-refractivity contribution in [2.24, 2.45) is 5.92 Å². The molecule has 1 aromatic heterocycles. The summed E-state index contributed by atoms with van der Waals surface area (Å²) in [6.45, 7) is 7.86. The van der Waals surface area contributed by atoms with Crippen molar-refractivity contribution in [2.45, 2.75) is 46.1 Å². The summed E-state index contributed by atoms with van der Waals surface area (Å²) in [5.74, 6) is 0.816. The highest BCUT2D eigenvalue weighted by molar-refractivity contribution is 5.85. The van der Waals surface area contributed by atoms with E-state index in [4.69, 9.17) is 0 Å². The standard InChI is InChI=1S/C13H23N3.2ClH/c1-3-12-9-13(4-2)16(15-12)10-11-5-7-14-8-6-11;;/h9,11,14H,3-8,10H2,1-2H3;2*1H. The SMILES string of the molecule is CCc1cc(CC)n(CC2CCNCC2)n1.Cl.Cl. The van der Waals surface area contributed by atoms with E-state index in [0.717, 1.165) is 25.3 Å². The molecule has 0 aliphatic carbocycles. The van der Waals surface area contributed by atoms with Gasteiger partial charge in [-0.3, -0.25) is 4.68 Å². The van der Waals surface area contributed by atoms with Crippen molar-refractivity contribution in [3.05, 3.63) is 17.5 Å². The van der Waals surface area contributed by atoms with Gasteiger partial charge in [-0.1, -0.05) is 13.8 Å². The number of rotatable bonds is 4. The number of piperidine rings is 1. The summed E-state index contributed by atoms with van der Waals surface area (Å²) in [4.78, 5) is 0. The quantitative estimate of drug-likeness (QED) is 0.925. The Morgan fingerprint density at radius 3 is 2.44 bits per heavy atom. The fourth-order valence-corrected chi connectivity index (χ4v) is 2.44. The van der Waals surface area contributed by atoms with Crippen molar-refractivity contribution in [1.82, 2.24) is 15.1 Å². The number of hydrogen-bond donors (Lipinski definition) is 1. The minimum absolute atomic E-state index is 0. The molecule has 1 saturated heterocycles. The van der Waals surface area contributed by atoms with Gasteiger partial charge in [0.1, 0.15) is 0 Å². The Morgan fingerprint density at radius 1 is 1.22 bits per heavy atom. The lowest BCUT2D eigenvalue weighted by Crippen LogP contribution is -2.30. The van der Waals surface area contributed by atoms with Gasteiger partial charge in [0.05, 0.1) is 5.69 Å². The van der Waals surface area contributed by atoms with Gasteiger partial charge in [-0.15, -0.1) is 24.8 Å². The Labute approximate surface area is 123 Å². The molecule has 1 aliphatic rings. The first kappa shape index (κ1) is 17.8. The fourth-order valence-electron chi connectivity index (χ4n) is 2.44. The average molecular weight is 294 g/mol. The van der Waals surface area contributed by atoms with Gasteiger partial charge >= 0.3 is 0 Å². The first-order valence-corrected chi connectivity index (χ1v) is 6.59. The maximum atomic E-state index is 4.69. The van der Waals surface area contributed by atoms with Crippen LogP contribution in [0.2, 0.25) is 0 Å². The lowest BCUT2D eigenvalue weighted by atomic mass is 9.98. The minimum Gasteiger partial charge on any atom is -0.317 e. The Hall–Kier alpha value is -0.250. The van der Waals surface area contributed by atoms with Crippen LogP contribution in [0.4, 0.5) is 0 Å². The van der Waals surface area contributed by atoms with Gasteiger partial charge in [0.25, 0.3) is 0 Å². The van der Waals surface area contributed by atoms with Gasteiger partial charge in [0.2, 0.25) is 0 Å². The van der Waals surface area contributed by atoms with E-state index >= 15 is 0 Å². The van der Waals surface area contributed by atoms with Gasteiger partial charge in [0, 0.05) is 12.2 Å². The van der Waals surface area contributed by atoms with Crippen molar-refractivity contribution in [3.63, 3.8) is 0 Å². The molecule has 5 heteroatoms. The topological polar surface area (TPSA) is 29.9 Å². The van der Waals surface area contributed by atoms with E-state index in [1.54, 1.807) is 0 Å². The van der Waals surface area contributed by atoms with Crippen molar-refractivity contribution >= 4 is 24.8 Å². The molecule has 1 aliphatic heterocycles. The molecule has 1 N–H and O–H groups in total. The van der Waals surface area contributed by atoms with Crippen LogP contribution in [-0.4, -0.2) is 22.9 Å². The molecule has 1 aromatic rings. The predicted octanol–water partition coefficient (Wildman–Crippen LogP) is 2.85. The van der Waals surface area contributed by atoms with Crippen LogP contribution in [0, 0.1) is 5.92 Å². The van der Waals surface area contributed by atoms with Gasteiger partial charge in [0.15, 0.2) is 0 Å². The Morgan fingerprint density at radius 2 is 1.89 bits per heavy atom. The molecule has 0 spiro atoms. The highest BCUT2D eigenvalue weighted by Crippen LogP contribution is 2.16. The molecular weight excluding hydrogens is 269 g/mol. The highest BCUT2D eigenvalue weighted by atomic mass is 35.5. The maximum absolute atomic E-state index is 4.69. The van der Waals surface area contributed by atoms with Crippen LogP contribution in [0.25, 0.3) is 0 Å². The van der Waals surface area contributed by atoms with Crippen LogP contribution in [0.1, 0.15) is 38.1 Å². The second kappa shape index (κ2) is 8.78. The van der Waals surface area contributed by atoms with Crippen LogP contribution in [0.15, 0.2) is 6.07 Å². The van der Waals surface area contributed by atoms with Gasteiger partial charge in [-0.25, -0.2) is 0 Å². The normalized spacial score (nSPS) is 15.9. The van der Waals surface area contributed by atoms with Crippen LogP contribution in [0.3, 0.4) is 0 Å². The van der Waals surface area contributed by atoms with Crippen molar-refractivity contribution in [1.29, 1.82) is 0 Å². The molecule has 0 amide bonds. The van der Waals surface area contributed by atoms with Gasteiger partial charge in [-0.2, -0.15) is 5.10 Å². The molecule has 0 atom stereocenters. The summed E-state index contributed by atoms with van der Waals surface area (Å²) >= 11 is 0. The molecule has 0 aromatic carbocycles. The second-order valence-corrected chi connectivity index (χ2v) is 4.71. The molecule has 0 radical (unpaired) electrons. The number of nitrogens with zero attached hydrogens (tertiary/aromatic N) is 2. The van der Waals surface area contributed by atoms with E-state index in [0.29, 0.717) is 0 Å². The van der Waals surface area contributed by atoms with Crippen molar-refractivity contribution < 1.29 is 0 Å². The first-order valence-electron chi connectivity index (χ1n) is 6.59. The third-order valence-corrected chi connectivity index (χ3v) is 3.53. The number of nitrogens with one attached hydrogen (secondary N) is 1.